The molecule has 3 nitrogen and oxygen atoms in total. The molecule has 0 amide bonds. The van der Waals surface area contributed by atoms with Crippen molar-refractivity contribution in [3.05, 3.63) is 35.9 Å². The van der Waals surface area contributed by atoms with Crippen LogP contribution in [0, 0.1) is 0 Å². The lowest BCUT2D eigenvalue weighted by molar-refractivity contribution is 0.305. The predicted octanol–water partition coefficient (Wildman–Crippen LogP) is 3.25. The molecule has 0 aromatic heterocycles. The number of methoxy groups -OCH3 is 2. The zero-order valence-electron chi connectivity index (χ0n) is 12.2. The quantitative estimate of drug-likeness (QED) is 0.844. The summed E-state index contributed by atoms with van der Waals surface area (Å²) in [5.74, 6) is 1.59. The fourth-order valence-corrected chi connectivity index (χ4v) is 2.84. The van der Waals surface area contributed by atoms with Gasteiger partial charge in [-0.05, 0) is 49.9 Å². The van der Waals surface area contributed by atoms with Gasteiger partial charge in [0.25, 0.3) is 0 Å². The van der Waals surface area contributed by atoms with E-state index in [0.717, 1.165) is 24.3 Å². The van der Waals surface area contributed by atoms with Crippen molar-refractivity contribution in [2.24, 2.45) is 0 Å². The van der Waals surface area contributed by atoms with E-state index in [-0.39, 0.29) is 11.6 Å². The molecular weight excluding hydrogens is 238 g/mol. The first-order valence-electron chi connectivity index (χ1n) is 6.64. The van der Waals surface area contributed by atoms with Gasteiger partial charge in [-0.2, -0.15) is 0 Å². The molecule has 0 radical (unpaired) electrons. The van der Waals surface area contributed by atoms with Crippen LogP contribution in [0.25, 0.3) is 0 Å². The van der Waals surface area contributed by atoms with E-state index in [9.17, 15) is 0 Å². The fourth-order valence-electron chi connectivity index (χ4n) is 2.84. The average Bonchev–Trinajstić information content (AvgIpc) is 2.36. The Hall–Kier alpha value is -1.48. The summed E-state index contributed by atoms with van der Waals surface area (Å²) in [6, 6.07) is 4.48. The van der Waals surface area contributed by atoms with Gasteiger partial charge in [-0.15, -0.1) is 6.58 Å². The van der Waals surface area contributed by atoms with Crippen LogP contribution in [-0.2, 0) is 6.42 Å². The molecule has 1 aromatic rings. The fraction of sp³-hybridized carbons (Fsp3) is 0.500. The third-order valence-corrected chi connectivity index (χ3v) is 3.62. The minimum atomic E-state index is 0.0836. The van der Waals surface area contributed by atoms with Crippen molar-refractivity contribution in [2.45, 2.75) is 38.3 Å². The van der Waals surface area contributed by atoms with Crippen molar-refractivity contribution in [3.8, 4) is 11.5 Å². The number of hydrogen-bond donors (Lipinski definition) is 1. The second-order valence-electron chi connectivity index (χ2n) is 5.69. The van der Waals surface area contributed by atoms with Crippen molar-refractivity contribution >= 4 is 0 Å². The van der Waals surface area contributed by atoms with Crippen LogP contribution in [0.1, 0.15) is 37.4 Å². The molecule has 0 unspecified atom stereocenters. The van der Waals surface area contributed by atoms with E-state index in [1.54, 1.807) is 14.2 Å². The molecule has 0 saturated carbocycles. The highest BCUT2D eigenvalue weighted by Crippen LogP contribution is 2.39. The van der Waals surface area contributed by atoms with Crippen molar-refractivity contribution in [1.82, 2.24) is 5.32 Å². The summed E-state index contributed by atoms with van der Waals surface area (Å²) in [6.07, 6.45) is 3.85. The number of hydrogen-bond acceptors (Lipinski definition) is 3. The zero-order valence-corrected chi connectivity index (χ0v) is 12.2. The number of fused-ring (bicyclic) bond motifs is 1. The Morgan fingerprint density at radius 3 is 2.53 bits per heavy atom. The van der Waals surface area contributed by atoms with Crippen LogP contribution < -0.4 is 14.8 Å². The van der Waals surface area contributed by atoms with Crippen LogP contribution in [0.3, 0.4) is 0 Å². The molecule has 1 aromatic carbocycles. The number of rotatable bonds is 4. The van der Waals surface area contributed by atoms with E-state index < -0.39 is 0 Å². The third-order valence-electron chi connectivity index (χ3n) is 3.62. The summed E-state index contributed by atoms with van der Waals surface area (Å²) < 4.78 is 10.8. The Labute approximate surface area is 115 Å². The van der Waals surface area contributed by atoms with Gasteiger partial charge >= 0.3 is 0 Å². The minimum absolute atomic E-state index is 0.0836. The van der Waals surface area contributed by atoms with E-state index >= 15 is 0 Å². The summed E-state index contributed by atoms with van der Waals surface area (Å²) in [4.78, 5) is 0. The maximum Gasteiger partial charge on any atom is 0.161 e. The lowest BCUT2D eigenvalue weighted by atomic mass is 9.82. The van der Waals surface area contributed by atoms with E-state index in [0.29, 0.717) is 0 Å². The first-order valence-corrected chi connectivity index (χ1v) is 6.64. The molecule has 1 N–H and O–H groups in total. The van der Waals surface area contributed by atoms with Crippen molar-refractivity contribution in [1.29, 1.82) is 0 Å². The summed E-state index contributed by atoms with van der Waals surface area (Å²) in [7, 11) is 3.35. The van der Waals surface area contributed by atoms with Gasteiger partial charge in [0.2, 0.25) is 0 Å². The maximum absolute atomic E-state index is 5.40. The van der Waals surface area contributed by atoms with Crippen LogP contribution in [-0.4, -0.2) is 19.8 Å². The van der Waals surface area contributed by atoms with Gasteiger partial charge in [-0.3, -0.25) is 0 Å². The topological polar surface area (TPSA) is 30.5 Å². The first kappa shape index (κ1) is 13.9. The maximum atomic E-state index is 5.40. The molecule has 104 valence electrons. The molecule has 0 saturated heterocycles. The van der Waals surface area contributed by atoms with E-state index in [4.69, 9.17) is 9.47 Å². The Morgan fingerprint density at radius 2 is 1.95 bits per heavy atom. The predicted molar refractivity (Wildman–Crippen MR) is 78.0 cm³/mol. The molecule has 0 fully saturated rings. The molecule has 1 heterocycles. The van der Waals surface area contributed by atoms with Gasteiger partial charge in [-0.25, -0.2) is 0 Å². The Balaban J connectivity index is 2.50. The Kier molecular flexibility index (Phi) is 3.85. The van der Waals surface area contributed by atoms with Crippen LogP contribution in [0.15, 0.2) is 24.8 Å². The first-order chi connectivity index (χ1) is 9.00. The van der Waals surface area contributed by atoms with Crippen LogP contribution >= 0.6 is 0 Å². The van der Waals surface area contributed by atoms with Crippen molar-refractivity contribution in [2.75, 3.05) is 14.2 Å². The Morgan fingerprint density at radius 1 is 1.32 bits per heavy atom. The second kappa shape index (κ2) is 5.25. The third kappa shape index (κ3) is 2.76. The molecular formula is C16H23NO2. The molecule has 1 atom stereocenters. The largest absolute Gasteiger partial charge is 0.493 e. The molecule has 1 aliphatic heterocycles. The molecule has 19 heavy (non-hydrogen) atoms. The van der Waals surface area contributed by atoms with Gasteiger partial charge in [0, 0.05) is 11.6 Å². The number of benzene rings is 1. The minimum Gasteiger partial charge on any atom is -0.493 e. The highest BCUT2D eigenvalue weighted by Gasteiger charge is 2.31. The SMILES string of the molecule is C=CC[C@@H]1NC(C)(C)Cc2cc(OC)c(OC)cc21. The lowest BCUT2D eigenvalue weighted by Crippen LogP contribution is -2.47. The van der Waals surface area contributed by atoms with E-state index in [1.807, 2.05) is 6.08 Å². The molecule has 3 heteroatoms. The molecule has 1 aliphatic rings. The molecule has 0 spiro atoms. The lowest BCUT2D eigenvalue weighted by Gasteiger charge is -2.39. The monoisotopic (exact) mass is 261 g/mol. The zero-order chi connectivity index (χ0) is 14.0. The summed E-state index contributed by atoms with van der Waals surface area (Å²) >= 11 is 0. The highest BCUT2D eigenvalue weighted by molar-refractivity contribution is 5.50. The van der Waals surface area contributed by atoms with Gasteiger partial charge < -0.3 is 14.8 Å². The second-order valence-corrected chi connectivity index (χ2v) is 5.69. The van der Waals surface area contributed by atoms with Crippen LogP contribution in [0.2, 0.25) is 0 Å². The summed E-state index contributed by atoms with van der Waals surface area (Å²) in [5, 5.41) is 3.67. The van der Waals surface area contributed by atoms with Crippen molar-refractivity contribution in [3.63, 3.8) is 0 Å². The van der Waals surface area contributed by atoms with Crippen LogP contribution in [0.4, 0.5) is 0 Å². The molecule has 2 rings (SSSR count). The van der Waals surface area contributed by atoms with Gasteiger partial charge in [-0.1, -0.05) is 6.08 Å². The van der Waals surface area contributed by atoms with Crippen molar-refractivity contribution < 1.29 is 9.47 Å². The van der Waals surface area contributed by atoms with E-state index in [1.165, 1.54) is 11.1 Å². The number of ether oxygens (including phenoxy) is 2. The Bertz CT molecular complexity index is 480. The summed E-state index contributed by atoms with van der Waals surface area (Å²) in [6.45, 7) is 8.31. The average molecular weight is 261 g/mol. The molecule has 0 aliphatic carbocycles. The van der Waals surface area contributed by atoms with Crippen LogP contribution in [0.5, 0.6) is 11.5 Å². The van der Waals surface area contributed by atoms with Gasteiger partial charge in [0.15, 0.2) is 11.5 Å². The molecule has 0 bridgehead atoms. The smallest absolute Gasteiger partial charge is 0.161 e. The normalized spacial score (nSPS) is 20.5. The highest BCUT2D eigenvalue weighted by atomic mass is 16.5. The van der Waals surface area contributed by atoms with Gasteiger partial charge in [0.05, 0.1) is 14.2 Å². The standard InChI is InChI=1S/C16H23NO2/c1-6-7-13-12-9-15(19-5)14(18-4)8-11(12)10-16(2,3)17-13/h6,8-9,13,17H,1,7,10H2,2-5H3/t13-/m0/s1. The number of nitrogens with one attached hydrogen (secondary N) is 1. The van der Waals surface area contributed by atoms with E-state index in [2.05, 4.69) is 37.9 Å². The summed E-state index contributed by atoms with van der Waals surface area (Å²) in [5.41, 5.74) is 2.70. The van der Waals surface area contributed by atoms with Gasteiger partial charge in [0.1, 0.15) is 0 Å².